The molecular weight excluding hydrogens is 261 g/mol. The van der Waals surface area contributed by atoms with Crippen molar-refractivity contribution in [1.29, 1.82) is 0 Å². The zero-order chi connectivity index (χ0) is 14.5. The van der Waals surface area contributed by atoms with Gasteiger partial charge in [-0.3, -0.25) is 9.69 Å². The molecule has 0 aliphatic heterocycles. The number of aliphatic hydroxyl groups is 1. The van der Waals surface area contributed by atoms with E-state index in [1.54, 1.807) is 6.07 Å². The van der Waals surface area contributed by atoms with Crippen molar-refractivity contribution in [3.05, 3.63) is 29.6 Å². The second kappa shape index (κ2) is 6.81. The maximum absolute atomic E-state index is 13.8. The Morgan fingerprint density at radius 3 is 2.80 bits per heavy atom. The van der Waals surface area contributed by atoms with Crippen LogP contribution in [0.3, 0.4) is 0 Å². The van der Waals surface area contributed by atoms with Crippen LogP contribution in [-0.2, 0) is 0 Å². The minimum Gasteiger partial charge on any atom is -0.496 e. The molecule has 2 rings (SSSR count). The lowest BCUT2D eigenvalue weighted by Crippen LogP contribution is -2.31. The number of rotatable bonds is 8. The van der Waals surface area contributed by atoms with Crippen LogP contribution in [0.5, 0.6) is 5.75 Å². The van der Waals surface area contributed by atoms with Crippen LogP contribution in [-0.4, -0.2) is 48.6 Å². The van der Waals surface area contributed by atoms with Crippen LogP contribution >= 0.6 is 0 Å². The molecule has 1 N–H and O–H groups in total. The number of halogens is 1. The summed E-state index contributed by atoms with van der Waals surface area (Å²) in [6.07, 6.45) is 2.45. The predicted molar refractivity (Wildman–Crippen MR) is 73.6 cm³/mol. The highest BCUT2D eigenvalue weighted by Crippen LogP contribution is 2.27. The van der Waals surface area contributed by atoms with E-state index in [9.17, 15) is 9.18 Å². The van der Waals surface area contributed by atoms with E-state index >= 15 is 0 Å². The first-order valence-corrected chi connectivity index (χ1v) is 6.88. The van der Waals surface area contributed by atoms with E-state index in [1.807, 2.05) is 0 Å². The van der Waals surface area contributed by atoms with Gasteiger partial charge in [0.2, 0.25) is 0 Å². The summed E-state index contributed by atoms with van der Waals surface area (Å²) in [7, 11) is 1.42. The van der Waals surface area contributed by atoms with Crippen LogP contribution in [0.25, 0.3) is 0 Å². The number of methoxy groups -OCH3 is 1. The molecule has 1 aliphatic carbocycles. The highest BCUT2D eigenvalue weighted by molar-refractivity contribution is 5.99. The minimum absolute atomic E-state index is 0.0229. The van der Waals surface area contributed by atoms with Gasteiger partial charge in [0.05, 0.1) is 19.3 Å². The number of benzene rings is 1. The third-order valence-electron chi connectivity index (χ3n) is 3.55. The van der Waals surface area contributed by atoms with Gasteiger partial charge in [0, 0.05) is 25.6 Å². The molecule has 4 nitrogen and oxygen atoms in total. The Labute approximate surface area is 118 Å². The van der Waals surface area contributed by atoms with Crippen LogP contribution in [0.1, 0.15) is 29.6 Å². The van der Waals surface area contributed by atoms with Crippen LogP contribution < -0.4 is 4.74 Å². The van der Waals surface area contributed by atoms with Crippen molar-refractivity contribution in [3.63, 3.8) is 0 Å². The lowest BCUT2D eigenvalue weighted by molar-refractivity contribution is 0.0947. The van der Waals surface area contributed by atoms with E-state index in [0.29, 0.717) is 19.1 Å². The van der Waals surface area contributed by atoms with Gasteiger partial charge in [0.15, 0.2) is 5.78 Å². The summed E-state index contributed by atoms with van der Waals surface area (Å²) in [4.78, 5) is 14.3. The molecule has 0 radical (unpaired) electrons. The quantitative estimate of drug-likeness (QED) is 0.739. The molecule has 0 bridgehead atoms. The second-order valence-electron chi connectivity index (χ2n) is 4.98. The molecule has 0 amide bonds. The Hall–Kier alpha value is -1.46. The van der Waals surface area contributed by atoms with Gasteiger partial charge in [-0.05, 0) is 25.0 Å². The van der Waals surface area contributed by atoms with Gasteiger partial charge < -0.3 is 9.84 Å². The van der Waals surface area contributed by atoms with Crippen LogP contribution in [0, 0.1) is 5.82 Å². The fourth-order valence-electron chi connectivity index (χ4n) is 2.36. The first kappa shape index (κ1) is 14.9. The number of ketones is 1. The average molecular weight is 281 g/mol. The number of carbonyl (C=O) groups is 1. The average Bonchev–Trinajstić information content (AvgIpc) is 3.27. The molecule has 0 atom stereocenters. The fraction of sp³-hybridized carbons (Fsp3) is 0.533. The fourth-order valence-corrected chi connectivity index (χ4v) is 2.36. The summed E-state index contributed by atoms with van der Waals surface area (Å²) in [5, 5.41) is 9.02. The summed E-state index contributed by atoms with van der Waals surface area (Å²) in [6.45, 7) is 1.18. The molecule has 110 valence electrons. The van der Waals surface area contributed by atoms with Crippen LogP contribution in [0.2, 0.25) is 0 Å². The summed E-state index contributed by atoms with van der Waals surface area (Å²) >= 11 is 0. The normalized spacial score (nSPS) is 14.6. The van der Waals surface area contributed by atoms with Gasteiger partial charge in [-0.2, -0.15) is 0 Å². The van der Waals surface area contributed by atoms with Crippen molar-refractivity contribution >= 4 is 5.78 Å². The molecule has 0 saturated heterocycles. The molecule has 0 unspecified atom stereocenters. The molecule has 1 fully saturated rings. The summed E-state index contributed by atoms with van der Waals surface area (Å²) < 4.78 is 18.8. The number of Topliss-reactive ketones (excluding diaryl/α,β-unsaturated/α-hetero) is 1. The molecule has 1 saturated carbocycles. The maximum atomic E-state index is 13.8. The van der Waals surface area contributed by atoms with E-state index in [2.05, 4.69) is 4.90 Å². The Balaban J connectivity index is 2.01. The van der Waals surface area contributed by atoms with Crippen molar-refractivity contribution in [1.82, 2.24) is 4.90 Å². The Kier molecular flexibility index (Phi) is 5.09. The second-order valence-corrected chi connectivity index (χ2v) is 4.98. The number of hydrogen-bond acceptors (Lipinski definition) is 4. The molecular formula is C15H20FNO3. The van der Waals surface area contributed by atoms with Crippen LogP contribution in [0.4, 0.5) is 4.39 Å². The van der Waals surface area contributed by atoms with E-state index < -0.39 is 5.82 Å². The predicted octanol–water partition coefficient (Wildman–Crippen LogP) is 1.86. The third kappa shape index (κ3) is 3.55. The van der Waals surface area contributed by atoms with Crippen molar-refractivity contribution in [2.75, 3.05) is 26.8 Å². The topological polar surface area (TPSA) is 49.8 Å². The van der Waals surface area contributed by atoms with E-state index in [4.69, 9.17) is 9.84 Å². The zero-order valence-corrected chi connectivity index (χ0v) is 11.6. The van der Waals surface area contributed by atoms with Crippen molar-refractivity contribution in [2.45, 2.75) is 25.3 Å². The van der Waals surface area contributed by atoms with Gasteiger partial charge in [-0.1, -0.05) is 6.07 Å². The number of carbonyl (C=O) groups excluding carboxylic acids is 1. The van der Waals surface area contributed by atoms with E-state index in [0.717, 1.165) is 12.8 Å². The van der Waals surface area contributed by atoms with Crippen LogP contribution in [0.15, 0.2) is 18.2 Å². The largest absolute Gasteiger partial charge is 0.496 e. The zero-order valence-electron chi connectivity index (χ0n) is 11.6. The molecule has 5 heteroatoms. The van der Waals surface area contributed by atoms with Crippen molar-refractivity contribution in [2.24, 2.45) is 0 Å². The van der Waals surface area contributed by atoms with Gasteiger partial charge in [-0.15, -0.1) is 0 Å². The molecule has 1 aromatic rings. The third-order valence-corrected chi connectivity index (χ3v) is 3.55. The van der Waals surface area contributed by atoms with E-state index in [1.165, 1.54) is 19.2 Å². The molecule has 0 aromatic heterocycles. The molecule has 1 aromatic carbocycles. The Morgan fingerprint density at radius 1 is 1.45 bits per heavy atom. The standard InChI is InChI=1S/C15H20FNO3/c1-20-14-4-2-3-12(16)15(14)13(19)7-8-17(9-10-18)11-5-6-11/h2-4,11,18H,5-10H2,1H3. The molecule has 0 spiro atoms. The number of ether oxygens (including phenoxy) is 1. The summed E-state index contributed by atoms with van der Waals surface area (Å²) in [5.41, 5.74) is 0.0229. The van der Waals surface area contributed by atoms with Gasteiger partial charge >= 0.3 is 0 Å². The van der Waals surface area contributed by atoms with Crippen molar-refractivity contribution < 1.29 is 19.0 Å². The highest BCUT2D eigenvalue weighted by atomic mass is 19.1. The number of nitrogens with zero attached hydrogens (tertiary/aromatic N) is 1. The molecule has 0 heterocycles. The van der Waals surface area contributed by atoms with Gasteiger partial charge in [-0.25, -0.2) is 4.39 Å². The smallest absolute Gasteiger partial charge is 0.170 e. The van der Waals surface area contributed by atoms with Gasteiger partial charge in [0.1, 0.15) is 11.6 Å². The SMILES string of the molecule is COc1cccc(F)c1C(=O)CCN(CCO)C1CC1. The minimum atomic E-state index is -0.547. The molecule has 20 heavy (non-hydrogen) atoms. The van der Waals surface area contributed by atoms with Crippen molar-refractivity contribution in [3.8, 4) is 5.75 Å². The molecule has 1 aliphatic rings. The number of aliphatic hydroxyl groups excluding tert-OH is 1. The summed E-state index contributed by atoms with van der Waals surface area (Å²) in [6, 6.07) is 4.84. The highest BCUT2D eigenvalue weighted by Gasteiger charge is 2.29. The lowest BCUT2D eigenvalue weighted by Gasteiger charge is -2.20. The Morgan fingerprint density at radius 2 is 2.20 bits per heavy atom. The first-order valence-electron chi connectivity index (χ1n) is 6.88. The number of hydrogen-bond donors (Lipinski definition) is 1. The monoisotopic (exact) mass is 281 g/mol. The first-order chi connectivity index (χ1) is 9.67. The maximum Gasteiger partial charge on any atom is 0.170 e. The van der Waals surface area contributed by atoms with E-state index in [-0.39, 0.29) is 30.1 Å². The Bertz CT molecular complexity index is 474. The summed E-state index contributed by atoms with van der Waals surface area (Å²) in [5.74, 6) is -0.534. The lowest BCUT2D eigenvalue weighted by atomic mass is 10.1. The van der Waals surface area contributed by atoms with Gasteiger partial charge in [0.25, 0.3) is 0 Å².